The number of amides is 1. The van der Waals surface area contributed by atoms with E-state index in [0.29, 0.717) is 17.2 Å². The fourth-order valence-corrected chi connectivity index (χ4v) is 1.40. The Bertz CT molecular complexity index is 506. The number of aryl methyl sites for hydroxylation is 2. The summed E-state index contributed by atoms with van der Waals surface area (Å²) in [4.78, 5) is 11.9. The Morgan fingerprint density at radius 1 is 1.38 bits per heavy atom. The Morgan fingerprint density at radius 2 is 2.12 bits per heavy atom. The van der Waals surface area contributed by atoms with Crippen molar-refractivity contribution in [2.24, 2.45) is 14.1 Å². The van der Waals surface area contributed by atoms with Crippen LogP contribution in [0.25, 0.3) is 0 Å². The van der Waals surface area contributed by atoms with E-state index in [9.17, 15) is 4.79 Å². The molecule has 0 saturated carbocycles. The van der Waals surface area contributed by atoms with Crippen LogP contribution in [0.15, 0.2) is 18.5 Å². The summed E-state index contributed by atoms with van der Waals surface area (Å²) in [6.45, 7) is 0. The number of aromatic nitrogens is 4. The molecule has 0 saturated heterocycles. The van der Waals surface area contributed by atoms with Gasteiger partial charge in [0.1, 0.15) is 11.5 Å². The predicted molar refractivity (Wildman–Crippen MR) is 58.8 cm³/mol. The summed E-state index contributed by atoms with van der Waals surface area (Å²) in [6, 6.07) is 1.70. The standard InChI is InChI=1S/C9H12N6O/c1-14-7(3-4-11-14)13-9(16)8-6(10)5-12-15(8)2/h3-5H,10H2,1-2H3,(H,13,16). The molecular weight excluding hydrogens is 208 g/mol. The van der Waals surface area contributed by atoms with Crippen molar-refractivity contribution in [3.63, 3.8) is 0 Å². The molecule has 0 aromatic carbocycles. The summed E-state index contributed by atoms with van der Waals surface area (Å²) in [7, 11) is 3.40. The summed E-state index contributed by atoms with van der Waals surface area (Å²) >= 11 is 0. The molecule has 0 atom stereocenters. The molecule has 0 unspecified atom stereocenters. The monoisotopic (exact) mass is 220 g/mol. The number of anilines is 2. The third-order valence-electron chi connectivity index (χ3n) is 2.24. The lowest BCUT2D eigenvalue weighted by Crippen LogP contribution is -2.19. The Morgan fingerprint density at radius 3 is 2.62 bits per heavy atom. The molecule has 7 nitrogen and oxygen atoms in total. The van der Waals surface area contributed by atoms with Gasteiger partial charge >= 0.3 is 0 Å². The molecule has 3 N–H and O–H groups in total. The Labute approximate surface area is 91.8 Å². The Hall–Kier alpha value is -2.31. The second kappa shape index (κ2) is 3.69. The smallest absolute Gasteiger partial charge is 0.277 e. The van der Waals surface area contributed by atoms with E-state index in [1.807, 2.05) is 0 Å². The lowest BCUT2D eigenvalue weighted by atomic mass is 10.3. The minimum atomic E-state index is -0.305. The highest BCUT2D eigenvalue weighted by atomic mass is 16.2. The third-order valence-corrected chi connectivity index (χ3v) is 2.24. The highest BCUT2D eigenvalue weighted by Gasteiger charge is 2.15. The summed E-state index contributed by atoms with van der Waals surface area (Å²) in [6.07, 6.45) is 3.04. The number of nitrogens with one attached hydrogen (secondary N) is 1. The summed E-state index contributed by atoms with van der Waals surface area (Å²) in [5.41, 5.74) is 6.33. The predicted octanol–water partition coefficient (Wildman–Crippen LogP) is -0.0119. The number of rotatable bonds is 2. The average Bonchev–Trinajstić information content (AvgIpc) is 2.75. The van der Waals surface area contributed by atoms with Gasteiger partial charge in [-0.25, -0.2) is 0 Å². The second-order valence-corrected chi connectivity index (χ2v) is 3.37. The van der Waals surface area contributed by atoms with E-state index in [1.54, 1.807) is 31.0 Å². The fourth-order valence-electron chi connectivity index (χ4n) is 1.40. The molecule has 2 rings (SSSR count). The van der Waals surface area contributed by atoms with Crippen molar-refractivity contribution < 1.29 is 4.79 Å². The maximum absolute atomic E-state index is 11.9. The van der Waals surface area contributed by atoms with E-state index in [2.05, 4.69) is 15.5 Å². The normalized spacial score (nSPS) is 10.4. The molecule has 16 heavy (non-hydrogen) atoms. The molecule has 0 spiro atoms. The molecule has 0 aliphatic rings. The first-order valence-electron chi connectivity index (χ1n) is 4.66. The average molecular weight is 220 g/mol. The maximum atomic E-state index is 11.9. The minimum absolute atomic E-state index is 0.305. The van der Waals surface area contributed by atoms with Crippen molar-refractivity contribution in [3.8, 4) is 0 Å². The number of carbonyl (C=O) groups is 1. The molecule has 2 heterocycles. The summed E-state index contributed by atoms with van der Waals surface area (Å²) in [5.74, 6) is 0.298. The van der Waals surface area contributed by atoms with Crippen molar-refractivity contribution in [3.05, 3.63) is 24.2 Å². The van der Waals surface area contributed by atoms with Gasteiger partial charge in [0.2, 0.25) is 0 Å². The number of carbonyl (C=O) groups excluding carboxylic acids is 1. The molecule has 2 aromatic rings. The van der Waals surface area contributed by atoms with E-state index in [0.717, 1.165) is 0 Å². The van der Waals surface area contributed by atoms with Crippen LogP contribution in [0.3, 0.4) is 0 Å². The van der Waals surface area contributed by atoms with E-state index in [1.165, 1.54) is 10.9 Å². The van der Waals surface area contributed by atoms with Crippen LogP contribution in [0.4, 0.5) is 11.5 Å². The molecule has 0 radical (unpaired) electrons. The van der Waals surface area contributed by atoms with Gasteiger partial charge in [-0.05, 0) is 0 Å². The first-order chi connectivity index (χ1) is 7.59. The lowest BCUT2D eigenvalue weighted by Gasteiger charge is -2.05. The van der Waals surface area contributed by atoms with Crippen LogP contribution in [0.2, 0.25) is 0 Å². The molecule has 7 heteroatoms. The van der Waals surface area contributed by atoms with Gasteiger partial charge in [0.25, 0.3) is 5.91 Å². The third kappa shape index (κ3) is 1.62. The molecule has 0 aliphatic heterocycles. The maximum Gasteiger partial charge on any atom is 0.277 e. The molecule has 2 aromatic heterocycles. The molecule has 1 amide bonds. The topological polar surface area (TPSA) is 90.8 Å². The Kier molecular flexibility index (Phi) is 2.35. The van der Waals surface area contributed by atoms with Crippen molar-refractivity contribution in [1.29, 1.82) is 0 Å². The van der Waals surface area contributed by atoms with Crippen LogP contribution >= 0.6 is 0 Å². The summed E-state index contributed by atoms with van der Waals surface area (Å²) in [5, 5.41) is 10.5. The minimum Gasteiger partial charge on any atom is -0.396 e. The zero-order valence-corrected chi connectivity index (χ0v) is 9.01. The van der Waals surface area contributed by atoms with Gasteiger partial charge in [0.05, 0.1) is 18.1 Å². The van der Waals surface area contributed by atoms with Gasteiger partial charge in [0.15, 0.2) is 0 Å². The van der Waals surface area contributed by atoms with E-state index < -0.39 is 0 Å². The Balaban J connectivity index is 2.25. The van der Waals surface area contributed by atoms with Crippen LogP contribution in [0.1, 0.15) is 10.5 Å². The number of nitrogens with zero attached hydrogens (tertiary/aromatic N) is 4. The number of hydrogen-bond donors (Lipinski definition) is 2. The molecule has 0 fully saturated rings. The molecular formula is C9H12N6O. The van der Waals surface area contributed by atoms with Gasteiger partial charge in [-0.15, -0.1) is 0 Å². The second-order valence-electron chi connectivity index (χ2n) is 3.37. The van der Waals surface area contributed by atoms with Crippen LogP contribution in [0.5, 0.6) is 0 Å². The van der Waals surface area contributed by atoms with E-state index in [-0.39, 0.29) is 5.91 Å². The molecule has 84 valence electrons. The van der Waals surface area contributed by atoms with Gasteiger partial charge in [-0.1, -0.05) is 0 Å². The summed E-state index contributed by atoms with van der Waals surface area (Å²) < 4.78 is 2.99. The zero-order valence-electron chi connectivity index (χ0n) is 9.01. The fraction of sp³-hybridized carbons (Fsp3) is 0.222. The first-order valence-corrected chi connectivity index (χ1v) is 4.66. The van der Waals surface area contributed by atoms with E-state index >= 15 is 0 Å². The van der Waals surface area contributed by atoms with Crippen LogP contribution in [0, 0.1) is 0 Å². The number of hydrogen-bond acceptors (Lipinski definition) is 4. The lowest BCUT2D eigenvalue weighted by molar-refractivity contribution is 0.101. The van der Waals surface area contributed by atoms with Gasteiger partial charge in [-0.2, -0.15) is 10.2 Å². The SMILES string of the molecule is Cn1nccc1NC(=O)c1c(N)cnn1C. The number of nitrogen functional groups attached to an aromatic ring is 1. The first kappa shape index (κ1) is 10.2. The molecule has 0 bridgehead atoms. The number of nitrogens with two attached hydrogens (primary N) is 1. The van der Waals surface area contributed by atoms with Crippen molar-refractivity contribution in [2.45, 2.75) is 0 Å². The van der Waals surface area contributed by atoms with Gasteiger partial charge < -0.3 is 11.1 Å². The van der Waals surface area contributed by atoms with Crippen molar-refractivity contribution in [2.75, 3.05) is 11.1 Å². The quantitative estimate of drug-likeness (QED) is 0.744. The van der Waals surface area contributed by atoms with Crippen molar-refractivity contribution >= 4 is 17.4 Å². The van der Waals surface area contributed by atoms with Gasteiger partial charge in [-0.3, -0.25) is 14.2 Å². The van der Waals surface area contributed by atoms with Gasteiger partial charge in [0, 0.05) is 20.2 Å². The van der Waals surface area contributed by atoms with Crippen LogP contribution in [-0.2, 0) is 14.1 Å². The van der Waals surface area contributed by atoms with Crippen molar-refractivity contribution in [1.82, 2.24) is 19.6 Å². The van der Waals surface area contributed by atoms with Crippen LogP contribution < -0.4 is 11.1 Å². The highest BCUT2D eigenvalue weighted by Crippen LogP contribution is 2.12. The zero-order chi connectivity index (χ0) is 11.7. The molecule has 0 aliphatic carbocycles. The van der Waals surface area contributed by atoms with E-state index in [4.69, 9.17) is 5.73 Å². The van der Waals surface area contributed by atoms with Crippen LogP contribution in [-0.4, -0.2) is 25.5 Å². The highest BCUT2D eigenvalue weighted by molar-refractivity contribution is 6.05. The largest absolute Gasteiger partial charge is 0.396 e.